The molecule has 1 saturated heterocycles. The summed E-state index contributed by atoms with van der Waals surface area (Å²) in [5, 5.41) is 0. The van der Waals surface area contributed by atoms with Crippen LogP contribution in [0.3, 0.4) is 0 Å². The lowest BCUT2D eigenvalue weighted by Gasteiger charge is -2.39. The van der Waals surface area contributed by atoms with Crippen molar-refractivity contribution < 1.29 is 0 Å². The first-order valence-corrected chi connectivity index (χ1v) is 7.56. The summed E-state index contributed by atoms with van der Waals surface area (Å²) in [6.07, 6.45) is 7.54. The van der Waals surface area contributed by atoms with Gasteiger partial charge < -0.3 is 10.6 Å². The van der Waals surface area contributed by atoms with Crippen LogP contribution < -0.4 is 10.6 Å². The van der Waals surface area contributed by atoms with Gasteiger partial charge in [-0.25, -0.2) is 9.97 Å². The van der Waals surface area contributed by atoms with Gasteiger partial charge in [0.2, 0.25) is 0 Å². The van der Waals surface area contributed by atoms with Gasteiger partial charge in [-0.1, -0.05) is 26.7 Å². The van der Waals surface area contributed by atoms with E-state index in [9.17, 15) is 0 Å². The van der Waals surface area contributed by atoms with E-state index in [-0.39, 0.29) is 0 Å². The van der Waals surface area contributed by atoms with Gasteiger partial charge in [-0.2, -0.15) is 0 Å². The zero-order chi connectivity index (χ0) is 13.7. The fourth-order valence-corrected chi connectivity index (χ4v) is 2.97. The van der Waals surface area contributed by atoms with Gasteiger partial charge in [0.15, 0.2) is 0 Å². The summed E-state index contributed by atoms with van der Waals surface area (Å²) in [6.45, 7) is 6.24. The lowest BCUT2D eigenvalue weighted by molar-refractivity contribution is 0.334. The number of anilines is 1. The van der Waals surface area contributed by atoms with Crippen LogP contribution in [0.4, 0.5) is 5.82 Å². The average Bonchev–Trinajstić information content (AvgIpc) is 2.47. The zero-order valence-corrected chi connectivity index (χ0v) is 12.2. The summed E-state index contributed by atoms with van der Waals surface area (Å²) in [5.41, 5.74) is 7.10. The highest BCUT2D eigenvalue weighted by atomic mass is 15.2. The first-order chi connectivity index (χ1) is 9.28. The number of rotatable bonds is 5. The Morgan fingerprint density at radius 3 is 2.89 bits per heavy atom. The van der Waals surface area contributed by atoms with E-state index in [2.05, 4.69) is 34.8 Å². The van der Waals surface area contributed by atoms with Crippen molar-refractivity contribution in [2.45, 2.75) is 52.0 Å². The van der Waals surface area contributed by atoms with Crippen LogP contribution in [0.25, 0.3) is 0 Å². The molecule has 2 heterocycles. The number of nitrogens with zero attached hydrogens (tertiary/aromatic N) is 3. The van der Waals surface area contributed by atoms with E-state index in [1.165, 1.54) is 19.3 Å². The largest absolute Gasteiger partial charge is 0.352 e. The van der Waals surface area contributed by atoms with Crippen molar-refractivity contribution in [3.8, 4) is 0 Å². The van der Waals surface area contributed by atoms with Crippen LogP contribution in [0.1, 0.15) is 45.2 Å². The van der Waals surface area contributed by atoms with Crippen LogP contribution in [0, 0.1) is 5.92 Å². The first kappa shape index (κ1) is 14.3. The van der Waals surface area contributed by atoms with Gasteiger partial charge in [0.25, 0.3) is 0 Å². The Morgan fingerprint density at radius 2 is 2.21 bits per heavy atom. The monoisotopic (exact) mass is 262 g/mol. The lowest BCUT2D eigenvalue weighted by Crippen LogP contribution is -2.47. The molecule has 0 spiro atoms. The second-order valence-corrected chi connectivity index (χ2v) is 5.50. The number of aryl methyl sites for hydroxylation is 1. The summed E-state index contributed by atoms with van der Waals surface area (Å²) < 4.78 is 0. The molecule has 106 valence electrons. The van der Waals surface area contributed by atoms with Gasteiger partial charge in [0.1, 0.15) is 12.1 Å². The molecule has 1 aliphatic rings. The Bertz CT molecular complexity index is 393. The summed E-state index contributed by atoms with van der Waals surface area (Å²) >= 11 is 0. The van der Waals surface area contributed by atoms with Crippen LogP contribution in [0.5, 0.6) is 0 Å². The van der Waals surface area contributed by atoms with Crippen molar-refractivity contribution in [1.82, 2.24) is 9.97 Å². The van der Waals surface area contributed by atoms with Gasteiger partial charge in [0.05, 0.1) is 0 Å². The number of piperidine rings is 1. The van der Waals surface area contributed by atoms with Crippen LogP contribution in [0.2, 0.25) is 0 Å². The van der Waals surface area contributed by atoms with E-state index in [1.807, 2.05) is 0 Å². The van der Waals surface area contributed by atoms with E-state index in [0.29, 0.717) is 12.6 Å². The SMILES string of the molecule is CCCc1cc(N2CCC(CC)CC2CN)ncn1. The Labute approximate surface area is 116 Å². The predicted octanol–water partition coefficient (Wildman–Crippen LogP) is 2.38. The lowest BCUT2D eigenvalue weighted by atomic mass is 9.89. The maximum atomic E-state index is 5.96. The van der Waals surface area contributed by atoms with Crippen LogP contribution in [0.15, 0.2) is 12.4 Å². The summed E-state index contributed by atoms with van der Waals surface area (Å²) in [7, 11) is 0. The third-order valence-electron chi connectivity index (χ3n) is 4.18. The maximum Gasteiger partial charge on any atom is 0.132 e. The fourth-order valence-electron chi connectivity index (χ4n) is 2.97. The molecule has 0 bridgehead atoms. The van der Waals surface area contributed by atoms with Crippen molar-refractivity contribution in [2.24, 2.45) is 11.7 Å². The van der Waals surface area contributed by atoms with E-state index >= 15 is 0 Å². The minimum Gasteiger partial charge on any atom is -0.352 e. The highest BCUT2D eigenvalue weighted by Gasteiger charge is 2.27. The van der Waals surface area contributed by atoms with Gasteiger partial charge in [-0.15, -0.1) is 0 Å². The number of aromatic nitrogens is 2. The fraction of sp³-hybridized carbons (Fsp3) is 0.733. The van der Waals surface area contributed by atoms with Crippen molar-refractivity contribution in [2.75, 3.05) is 18.0 Å². The standard InChI is InChI=1S/C15H26N4/c1-3-5-13-9-15(18-11-17-13)19-7-6-12(4-2)8-14(19)10-16/h9,11-12,14H,3-8,10,16H2,1-2H3. The highest BCUT2D eigenvalue weighted by Crippen LogP contribution is 2.28. The molecule has 0 aromatic carbocycles. The average molecular weight is 262 g/mol. The molecule has 4 nitrogen and oxygen atoms in total. The second-order valence-electron chi connectivity index (χ2n) is 5.50. The summed E-state index contributed by atoms with van der Waals surface area (Å²) in [5.74, 6) is 1.88. The molecule has 1 fully saturated rings. The maximum absolute atomic E-state index is 5.96. The van der Waals surface area contributed by atoms with E-state index in [4.69, 9.17) is 5.73 Å². The van der Waals surface area contributed by atoms with Crippen molar-refractivity contribution in [1.29, 1.82) is 0 Å². The van der Waals surface area contributed by atoms with E-state index < -0.39 is 0 Å². The van der Waals surface area contributed by atoms with Gasteiger partial charge >= 0.3 is 0 Å². The molecule has 0 saturated carbocycles. The van der Waals surface area contributed by atoms with E-state index in [0.717, 1.165) is 36.8 Å². The molecule has 1 aromatic heterocycles. The predicted molar refractivity (Wildman–Crippen MR) is 79.2 cm³/mol. The molecule has 2 rings (SSSR count). The highest BCUT2D eigenvalue weighted by molar-refractivity contribution is 5.41. The second kappa shape index (κ2) is 6.85. The quantitative estimate of drug-likeness (QED) is 0.885. The van der Waals surface area contributed by atoms with Crippen LogP contribution in [-0.4, -0.2) is 29.1 Å². The molecule has 2 N–H and O–H groups in total. The number of nitrogens with two attached hydrogens (primary N) is 1. The minimum absolute atomic E-state index is 0.433. The van der Waals surface area contributed by atoms with Crippen molar-refractivity contribution >= 4 is 5.82 Å². The number of hydrogen-bond acceptors (Lipinski definition) is 4. The molecule has 19 heavy (non-hydrogen) atoms. The normalized spacial score (nSPS) is 23.6. The Kier molecular flexibility index (Phi) is 5.14. The molecular weight excluding hydrogens is 236 g/mol. The molecule has 2 unspecified atom stereocenters. The molecule has 1 aromatic rings. The molecule has 0 amide bonds. The molecular formula is C15H26N4. The van der Waals surface area contributed by atoms with Crippen molar-refractivity contribution in [3.63, 3.8) is 0 Å². The summed E-state index contributed by atoms with van der Waals surface area (Å²) in [4.78, 5) is 11.2. The third kappa shape index (κ3) is 3.44. The van der Waals surface area contributed by atoms with Gasteiger partial charge in [-0.3, -0.25) is 0 Å². The Morgan fingerprint density at radius 1 is 1.37 bits per heavy atom. The molecule has 1 aliphatic heterocycles. The summed E-state index contributed by atoms with van der Waals surface area (Å²) in [6, 6.07) is 2.57. The Balaban J connectivity index is 2.13. The van der Waals surface area contributed by atoms with Crippen molar-refractivity contribution in [3.05, 3.63) is 18.1 Å². The third-order valence-corrected chi connectivity index (χ3v) is 4.18. The smallest absolute Gasteiger partial charge is 0.132 e. The van der Waals surface area contributed by atoms with Crippen LogP contribution in [-0.2, 0) is 6.42 Å². The zero-order valence-electron chi connectivity index (χ0n) is 12.2. The first-order valence-electron chi connectivity index (χ1n) is 7.56. The van der Waals surface area contributed by atoms with E-state index in [1.54, 1.807) is 6.33 Å². The molecule has 0 radical (unpaired) electrons. The van der Waals surface area contributed by atoms with Crippen LogP contribution >= 0.6 is 0 Å². The van der Waals surface area contributed by atoms with Gasteiger partial charge in [0, 0.05) is 30.9 Å². The molecule has 0 aliphatic carbocycles. The molecule has 4 heteroatoms. The Hall–Kier alpha value is -1.16. The number of hydrogen-bond donors (Lipinski definition) is 1. The van der Waals surface area contributed by atoms with Gasteiger partial charge in [-0.05, 0) is 25.2 Å². The topological polar surface area (TPSA) is 55.0 Å². The minimum atomic E-state index is 0.433. The molecule has 2 atom stereocenters.